The Labute approximate surface area is 812 Å². The molecule has 0 radical (unpaired) electrons. The normalized spacial score (nSPS) is 14.7. The number of sulfonamides is 1. The lowest BCUT2D eigenvalue weighted by atomic mass is 9.85. The molecule has 17 rings (SSSR count). The average Bonchev–Trinajstić information content (AvgIpc) is 1.62. The Morgan fingerprint density at radius 3 is 0.864 bits per heavy atom. The van der Waals surface area contributed by atoms with E-state index in [0.717, 1.165) is 95.3 Å². The number of aromatic nitrogens is 8. The Bertz CT molecular complexity index is 6560. The maximum Gasteiger partial charge on any atom is 0.237 e. The molecule has 32 heteroatoms. The van der Waals surface area contributed by atoms with Crippen LogP contribution in [0.4, 0.5) is 40.8 Å². The highest BCUT2D eigenvalue weighted by Crippen LogP contribution is 2.38. The van der Waals surface area contributed by atoms with Crippen molar-refractivity contribution in [2.24, 2.45) is 0 Å². The van der Waals surface area contributed by atoms with Gasteiger partial charge in [-0.15, -0.1) is 0 Å². The molecule has 0 spiro atoms. The second kappa shape index (κ2) is 46.5. The minimum Gasteiger partial charge on any atom is -0.392 e. The van der Waals surface area contributed by atoms with Crippen molar-refractivity contribution in [3.63, 3.8) is 0 Å². The van der Waals surface area contributed by atoms with Crippen molar-refractivity contribution in [3.05, 3.63) is 306 Å². The highest BCUT2D eigenvalue weighted by atomic mass is 32.2. The van der Waals surface area contributed by atoms with E-state index >= 15 is 0 Å². The van der Waals surface area contributed by atoms with Crippen LogP contribution >= 0.6 is 0 Å². The quantitative estimate of drug-likeness (QED) is 0.0367. The van der Waals surface area contributed by atoms with Gasteiger partial charge in [0.25, 0.3) is 0 Å². The number of fused-ring (bicyclic) bond motifs is 1. The number of hydrogen-bond acceptors (Lipinski definition) is 26. The number of nitrogens with zero attached hydrogens (tertiary/aromatic N) is 12. The molecule has 140 heavy (non-hydrogen) atoms. The zero-order valence-electron chi connectivity index (χ0n) is 80.1. The summed E-state index contributed by atoms with van der Waals surface area (Å²) in [5, 5.41) is 19.2. The number of anilines is 4. The first-order valence-electron chi connectivity index (χ1n) is 46.7. The summed E-state index contributed by atoms with van der Waals surface area (Å²) in [6, 6.07) is 57.7. The fourth-order valence-corrected chi connectivity index (χ4v) is 17.3. The first kappa shape index (κ1) is 102. The van der Waals surface area contributed by atoms with Crippen molar-refractivity contribution in [2.75, 3.05) is 131 Å². The van der Waals surface area contributed by atoms with Crippen molar-refractivity contribution < 1.29 is 83.9 Å². The molecule has 4 saturated heterocycles. The van der Waals surface area contributed by atoms with E-state index < -0.39 is 50.2 Å². The van der Waals surface area contributed by atoms with E-state index in [-0.39, 0.29) is 66.3 Å². The van der Waals surface area contributed by atoms with Crippen LogP contribution in [-0.4, -0.2) is 205 Å². The number of aryl methyl sites for hydroxylation is 4. The lowest BCUT2D eigenvalue weighted by Gasteiger charge is -2.28. The van der Waals surface area contributed by atoms with Crippen LogP contribution in [0.15, 0.2) is 188 Å². The minimum absolute atomic E-state index is 0.00813. The summed E-state index contributed by atoms with van der Waals surface area (Å²) in [5.41, 5.74) is 14.4. The molecular formula is C108H115F4N13O14S. The summed E-state index contributed by atoms with van der Waals surface area (Å²) in [6.07, 6.45) is 3.70. The van der Waals surface area contributed by atoms with Crippen LogP contribution in [0.5, 0.6) is 0 Å². The first-order chi connectivity index (χ1) is 67.0. The Kier molecular flexibility index (Phi) is 34.0. The third-order valence-electron chi connectivity index (χ3n) is 24.7. The fourth-order valence-electron chi connectivity index (χ4n) is 16.8. The number of aliphatic hydroxyl groups is 2. The Balaban J connectivity index is 0.000000149. The number of carbonyl (C=O) groups excluding carboxylic acids is 6. The van der Waals surface area contributed by atoms with Gasteiger partial charge in [0.15, 0.2) is 69.8 Å². The molecule has 1 amide bonds. The topological polar surface area (TPSA) is 342 Å². The lowest BCUT2D eigenvalue weighted by molar-refractivity contribution is -0.122. The van der Waals surface area contributed by atoms with Crippen LogP contribution in [0.25, 0.3) is 45.6 Å². The zero-order valence-corrected chi connectivity index (χ0v) is 80.9. The molecule has 5 aliphatic rings. The molecule has 4 aliphatic heterocycles. The molecule has 3 N–H and O–H groups in total. The zero-order chi connectivity index (χ0) is 99.5. The molecule has 27 nitrogen and oxygen atoms in total. The first-order valence-corrected chi connectivity index (χ1v) is 48.6. The molecule has 0 unspecified atom stereocenters. The van der Waals surface area contributed by atoms with Gasteiger partial charge in [0.05, 0.1) is 101 Å². The Morgan fingerprint density at radius 2 is 0.607 bits per heavy atom. The molecule has 0 bridgehead atoms. The van der Waals surface area contributed by atoms with Crippen LogP contribution in [0.2, 0.25) is 0 Å². The van der Waals surface area contributed by atoms with E-state index in [1.165, 1.54) is 0 Å². The van der Waals surface area contributed by atoms with Crippen molar-refractivity contribution in [2.45, 2.75) is 137 Å². The van der Waals surface area contributed by atoms with E-state index in [1.54, 1.807) is 65.8 Å². The standard InChI is InChI=1S/C29H30FN3O3.C27H29FN4O5S.C27H30FN3O3.C25H26FN3O3/c1-18-26(30)28(33-10-12-36-13-11-33)32-27(31-18)21-7-4-19(5-8-21)15-23(34)16-20-6-9-24-22(14-20)17-25(35)29(24,2)3;1-18-25(28)27(32-11-13-37-14-12-32)30-26(29-18)22-9-7-20(8-10-22)16-23(33)15-19-3-5-21(6-4-19)17-24(34)31-38(2,35)36;1-18-24(28)26(31-12-14-34-15-13-31)30-25(29-18)21-8-4-19(5-9-21)16-23(32)17-20-6-10-22(11-7-20)27(2,3)33;1-17-23(26)25(29-10-12-32-13-11-29)28-24(27-17)21-8-6-19(7-9-21)15-22(31)14-18-2-4-20(16-30)5-3-18/h4-9,14H,10-13,15-17H2,1-3H3;3-10H,11-17H2,1-2H3,(H,31,34);4-11,33H,12-17H2,1-3H3;2-9,30H,10-16H2,1H3. The van der Waals surface area contributed by atoms with Gasteiger partial charge in [0, 0.05) is 138 Å². The molecule has 1 aliphatic carbocycles. The maximum absolute atomic E-state index is 14.7. The molecule has 8 aromatic carbocycles. The van der Waals surface area contributed by atoms with Gasteiger partial charge in [-0.3, -0.25) is 33.5 Å². The highest BCUT2D eigenvalue weighted by Gasteiger charge is 2.38. The number of hydrogen-bond donors (Lipinski definition) is 3. The van der Waals surface area contributed by atoms with Crippen molar-refractivity contribution in [1.82, 2.24) is 44.6 Å². The van der Waals surface area contributed by atoms with Crippen LogP contribution in [-0.2, 0) is 140 Å². The molecule has 0 saturated carbocycles. The largest absolute Gasteiger partial charge is 0.392 e. The Hall–Kier alpha value is -13.5. The number of halogens is 4. The van der Waals surface area contributed by atoms with Gasteiger partial charge >= 0.3 is 0 Å². The summed E-state index contributed by atoms with van der Waals surface area (Å²) in [4.78, 5) is 117. The highest BCUT2D eigenvalue weighted by molar-refractivity contribution is 7.89. The van der Waals surface area contributed by atoms with Gasteiger partial charge in [0.2, 0.25) is 15.9 Å². The van der Waals surface area contributed by atoms with Gasteiger partial charge in [-0.25, -0.2) is 65.9 Å². The number of rotatable bonds is 29. The van der Waals surface area contributed by atoms with E-state index in [4.69, 9.17) is 24.1 Å². The van der Waals surface area contributed by atoms with Crippen LogP contribution in [0.1, 0.15) is 123 Å². The van der Waals surface area contributed by atoms with Crippen molar-refractivity contribution in [1.29, 1.82) is 0 Å². The average molecular weight is 1930 g/mol. The summed E-state index contributed by atoms with van der Waals surface area (Å²) in [5.74, 6) is 1.33. The van der Waals surface area contributed by atoms with Crippen molar-refractivity contribution >= 4 is 68.1 Å². The maximum atomic E-state index is 14.7. The van der Waals surface area contributed by atoms with E-state index in [0.29, 0.717) is 214 Å². The summed E-state index contributed by atoms with van der Waals surface area (Å²) in [6.45, 7) is 22.9. The molecular weight excluding hydrogens is 1810 g/mol. The van der Waals surface area contributed by atoms with Crippen LogP contribution in [0, 0.1) is 51.0 Å². The van der Waals surface area contributed by atoms with Crippen molar-refractivity contribution in [3.8, 4) is 45.6 Å². The van der Waals surface area contributed by atoms with Gasteiger partial charge in [0.1, 0.15) is 28.9 Å². The molecule has 12 aromatic rings. The number of Topliss-reactive ketones (excluding diaryl/α,β-unsaturated/α-hetero) is 5. The lowest BCUT2D eigenvalue weighted by Crippen LogP contribution is -2.37. The second-order valence-electron chi connectivity index (χ2n) is 36.6. The van der Waals surface area contributed by atoms with E-state index in [2.05, 4.69) is 39.9 Å². The molecule has 0 atom stereocenters. The number of morpholine rings is 4. The van der Waals surface area contributed by atoms with Crippen LogP contribution < -0.4 is 24.3 Å². The van der Waals surface area contributed by atoms with Crippen LogP contribution in [0.3, 0.4) is 0 Å². The predicted octanol–water partition coefficient (Wildman–Crippen LogP) is 13.9. The third-order valence-corrected chi connectivity index (χ3v) is 25.3. The van der Waals surface area contributed by atoms with E-state index in [1.807, 2.05) is 202 Å². The fraction of sp³-hybridized carbons (Fsp3) is 0.352. The molecule has 8 heterocycles. The summed E-state index contributed by atoms with van der Waals surface area (Å²) in [7, 11) is -3.60. The number of carbonyl (C=O) groups is 6. The predicted molar refractivity (Wildman–Crippen MR) is 526 cm³/mol. The van der Waals surface area contributed by atoms with Gasteiger partial charge < -0.3 is 48.8 Å². The number of aliphatic hydroxyl groups excluding tert-OH is 1. The summed E-state index contributed by atoms with van der Waals surface area (Å²) < 4.78 is 104. The van der Waals surface area contributed by atoms with Gasteiger partial charge in [-0.05, 0) is 128 Å². The number of benzene rings is 8. The molecule has 4 aromatic heterocycles. The van der Waals surface area contributed by atoms with E-state index in [9.17, 15) is 59.9 Å². The second-order valence-corrected chi connectivity index (χ2v) is 38.3. The SMILES string of the molecule is Cc1nc(-c2ccc(CC(=O)Cc3ccc(C(C)(C)O)cc3)cc2)nc(N2CCOCC2)c1F.Cc1nc(-c2ccc(CC(=O)Cc3ccc(CC(=O)NS(C)(=O)=O)cc3)cc2)nc(N2CCOCC2)c1F.Cc1nc(-c2ccc(CC(=O)Cc3ccc(CO)cc3)cc2)nc(N2CCOCC2)c1F.Cc1nc(-c2ccc(CC(=O)Cc3ccc4c(c3)CC(=O)C4(C)C)cc2)nc(N2CCOCC2)c1F. The third kappa shape index (κ3) is 27.6. The summed E-state index contributed by atoms with van der Waals surface area (Å²) >= 11 is 0. The smallest absolute Gasteiger partial charge is 0.237 e. The number of ketones is 5. The van der Waals surface area contributed by atoms with Gasteiger partial charge in [-0.1, -0.05) is 188 Å². The number of nitrogens with one attached hydrogen (secondary N) is 1. The van der Waals surface area contributed by atoms with Gasteiger partial charge in [-0.2, -0.15) is 0 Å². The number of amides is 1. The molecule has 730 valence electrons. The molecule has 4 fully saturated rings. The number of ether oxygens (including phenoxy) is 4. The Morgan fingerprint density at radius 1 is 0.371 bits per heavy atom. The monoisotopic (exact) mass is 1930 g/mol. The minimum atomic E-state index is -3.60.